The van der Waals surface area contributed by atoms with Crippen LogP contribution in [0.2, 0.25) is 0 Å². The molecule has 8 nitrogen and oxygen atoms in total. The smallest absolute Gasteiger partial charge is 0.240 e. The summed E-state index contributed by atoms with van der Waals surface area (Å²) in [5, 5.41) is 10.2. The molecular weight excluding hydrogens is 493 g/mol. The predicted octanol–water partition coefficient (Wildman–Crippen LogP) is 2.45. The zero-order valence-electron chi connectivity index (χ0n) is 16.3. The van der Waals surface area contributed by atoms with Crippen LogP contribution in [0.15, 0.2) is 50.8 Å². The highest BCUT2D eigenvalue weighted by Crippen LogP contribution is 2.14. The van der Waals surface area contributed by atoms with Crippen molar-refractivity contribution < 1.29 is 12.9 Å². The van der Waals surface area contributed by atoms with E-state index in [0.29, 0.717) is 37.3 Å². The van der Waals surface area contributed by atoms with E-state index in [2.05, 4.69) is 25.5 Å². The fraction of sp³-hybridized carbons (Fsp3) is 0.444. The lowest BCUT2D eigenvalue weighted by Gasteiger charge is -2.11. The molecule has 2 rings (SSSR count). The van der Waals surface area contributed by atoms with Gasteiger partial charge in [0.1, 0.15) is 6.54 Å². The van der Waals surface area contributed by atoms with E-state index in [-0.39, 0.29) is 35.4 Å². The largest absolute Gasteiger partial charge is 0.359 e. The average Bonchev–Trinajstić information content (AvgIpc) is 3.13. The van der Waals surface area contributed by atoms with Gasteiger partial charge in [-0.05, 0) is 25.0 Å². The molecule has 28 heavy (non-hydrogen) atoms. The van der Waals surface area contributed by atoms with Gasteiger partial charge >= 0.3 is 0 Å². The normalized spacial score (nSPS) is 11.9. The van der Waals surface area contributed by atoms with E-state index in [0.717, 1.165) is 5.69 Å². The molecule has 0 atom stereocenters. The number of aromatic nitrogens is 1. The topological polar surface area (TPSA) is 109 Å². The number of hydrogen-bond acceptors (Lipinski definition) is 5. The van der Waals surface area contributed by atoms with Crippen molar-refractivity contribution in [3.05, 3.63) is 47.9 Å². The molecule has 1 heterocycles. The van der Waals surface area contributed by atoms with Crippen molar-refractivity contribution in [2.45, 2.75) is 38.1 Å². The third-order valence-electron chi connectivity index (χ3n) is 3.67. The third kappa shape index (κ3) is 7.76. The molecule has 0 radical (unpaired) electrons. The van der Waals surface area contributed by atoms with Gasteiger partial charge in [-0.2, -0.15) is 0 Å². The Morgan fingerprint density at radius 2 is 1.89 bits per heavy atom. The summed E-state index contributed by atoms with van der Waals surface area (Å²) in [5.41, 5.74) is 0.897. The maximum absolute atomic E-state index is 12.2. The minimum absolute atomic E-state index is 0. The van der Waals surface area contributed by atoms with Crippen LogP contribution >= 0.6 is 24.0 Å². The summed E-state index contributed by atoms with van der Waals surface area (Å²) in [6.45, 7) is 7.73. The number of sulfonamides is 1. The van der Waals surface area contributed by atoms with Crippen LogP contribution in [0.3, 0.4) is 0 Å². The Labute approximate surface area is 183 Å². The summed E-state index contributed by atoms with van der Waals surface area (Å²) >= 11 is 0. The van der Waals surface area contributed by atoms with Crippen LogP contribution in [-0.4, -0.2) is 39.2 Å². The van der Waals surface area contributed by atoms with E-state index in [1.165, 1.54) is 0 Å². The van der Waals surface area contributed by atoms with Gasteiger partial charge in [-0.1, -0.05) is 37.2 Å². The monoisotopic (exact) mass is 521 g/mol. The molecular formula is C18H28IN5O3S. The van der Waals surface area contributed by atoms with Crippen molar-refractivity contribution in [3.8, 4) is 0 Å². The summed E-state index contributed by atoms with van der Waals surface area (Å²) < 4.78 is 32.2. The van der Waals surface area contributed by atoms with E-state index >= 15 is 0 Å². The van der Waals surface area contributed by atoms with Crippen LogP contribution in [0.5, 0.6) is 0 Å². The van der Waals surface area contributed by atoms with Crippen molar-refractivity contribution in [3.63, 3.8) is 0 Å². The molecule has 0 fully saturated rings. The molecule has 1 aromatic heterocycles. The number of nitrogens with one attached hydrogen (secondary N) is 3. The Morgan fingerprint density at radius 1 is 1.18 bits per heavy atom. The Hall–Kier alpha value is -1.66. The van der Waals surface area contributed by atoms with Crippen molar-refractivity contribution in [2.24, 2.45) is 4.99 Å². The average molecular weight is 521 g/mol. The van der Waals surface area contributed by atoms with Gasteiger partial charge in [-0.3, -0.25) is 0 Å². The van der Waals surface area contributed by atoms with Crippen LogP contribution < -0.4 is 15.4 Å². The highest BCUT2D eigenvalue weighted by Gasteiger charge is 2.12. The number of halogens is 1. The molecule has 1 aromatic carbocycles. The van der Waals surface area contributed by atoms with Crippen LogP contribution in [0.1, 0.15) is 38.1 Å². The van der Waals surface area contributed by atoms with Gasteiger partial charge in [-0.15, -0.1) is 24.0 Å². The fourth-order valence-corrected chi connectivity index (χ4v) is 3.28. The molecule has 0 aliphatic heterocycles. The molecule has 0 aliphatic carbocycles. The minimum atomic E-state index is -3.50. The lowest BCUT2D eigenvalue weighted by molar-refractivity contribution is 0.376. The zero-order valence-corrected chi connectivity index (χ0v) is 19.5. The second kappa shape index (κ2) is 12.0. The van der Waals surface area contributed by atoms with Crippen molar-refractivity contribution >= 4 is 40.0 Å². The number of rotatable bonds is 9. The second-order valence-electron chi connectivity index (χ2n) is 6.21. The molecule has 10 heteroatoms. The quantitative estimate of drug-likeness (QED) is 0.203. The molecule has 0 unspecified atom stereocenters. The van der Waals surface area contributed by atoms with Gasteiger partial charge in [0.05, 0.1) is 10.6 Å². The minimum Gasteiger partial charge on any atom is -0.359 e. The van der Waals surface area contributed by atoms with Crippen molar-refractivity contribution in [1.29, 1.82) is 0 Å². The lowest BCUT2D eigenvalue weighted by atomic mass is 10.1. The van der Waals surface area contributed by atoms with Crippen molar-refractivity contribution in [2.75, 3.05) is 19.6 Å². The highest BCUT2D eigenvalue weighted by molar-refractivity contribution is 14.0. The first kappa shape index (κ1) is 24.4. The summed E-state index contributed by atoms with van der Waals surface area (Å²) in [5.74, 6) is 1.56. The number of guanidine groups is 1. The summed E-state index contributed by atoms with van der Waals surface area (Å²) in [6, 6.07) is 10.2. The molecule has 156 valence electrons. The number of aliphatic imine (C=N–C) groups is 1. The van der Waals surface area contributed by atoms with E-state index in [9.17, 15) is 8.42 Å². The summed E-state index contributed by atoms with van der Waals surface area (Å²) in [4.78, 5) is 4.68. The zero-order chi connectivity index (χ0) is 19.7. The lowest BCUT2D eigenvalue weighted by Crippen LogP contribution is -2.41. The standard InChI is InChI=1S/C18H27N5O3S.HI/c1-4-19-18(21-13-15-12-17(14(2)3)23-26-15)20-10-11-22-27(24,25)16-8-6-5-7-9-16;/h5-9,12,14,22H,4,10-11,13H2,1-3H3,(H2,19,20,21);1H. The van der Waals surface area contributed by atoms with E-state index < -0.39 is 10.0 Å². The first-order valence-corrected chi connectivity index (χ1v) is 10.4. The van der Waals surface area contributed by atoms with Crippen LogP contribution in [-0.2, 0) is 16.6 Å². The first-order valence-electron chi connectivity index (χ1n) is 8.94. The number of benzene rings is 1. The van der Waals surface area contributed by atoms with Gasteiger partial charge in [0.25, 0.3) is 0 Å². The summed E-state index contributed by atoms with van der Waals surface area (Å²) in [6.07, 6.45) is 0. The van der Waals surface area contributed by atoms with Gasteiger partial charge < -0.3 is 15.2 Å². The van der Waals surface area contributed by atoms with E-state index in [1.807, 2.05) is 26.8 Å². The van der Waals surface area contributed by atoms with Gasteiger partial charge in [0, 0.05) is 25.7 Å². The molecule has 2 aromatic rings. The molecule has 0 aliphatic rings. The van der Waals surface area contributed by atoms with Crippen LogP contribution in [0.4, 0.5) is 0 Å². The second-order valence-corrected chi connectivity index (χ2v) is 7.97. The van der Waals surface area contributed by atoms with Crippen molar-refractivity contribution in [1.82, 2.24) is 20.5 Å². The molecule has 0 saturated heterocycles. The molecule has 0 spiro atoms. The molecule has 0 amide bonds. The molecule has 3 N–H and O–H groups in total. The number of nitrogens with zero attached hydrogens (tertiary/aromatic N) is 2. The van der Waals surface area contributed by atoms with Crippen LogP contribution in [0.25, 0.3) is 0 Å². The maximum Gasteiger partial charge on any atom is 0.240 e. The molecule has 0 bridgehead atoms. The van der Waals surface area contributed by atoms with E-state index in [1.54, 1.807) is 30.3 Å². The Kier molecular flexibility index (Phi) is 10.5. The summed E-state index contributed by atoms with van der Waals surface area (Å²) in [7, 11) is -3.50. The van der Waals surface area contributed by atoms with E-state index in [4.69, 9.17) is 4.52 Å². The van der Waals surface area contributed by atoms with Crippen LogP contribution in [0, 0.1) is 0 Å². The Morgan fingerprint density at radius 3 is 2.50 bits per heavy atom. The highest BCUT2D eigenvalue weighted by atomic mass is 127. The van der Waals surface area contributed by atoms with Gasteiger partial charge in [0.15, 0.2) is 11.7 Å². The fourth-order valence-electron chi connectivity index (χ4n) is 2.22. The predicted molar refractivity (Wildman–Crippen MR) is 120 cm³/mol. The van der Waals surface area contributed by atoms with Gasteiger partial charge in [-0.25, -0.2) is 18.1 Å². The Bertz CT molecular complexity index is 838. The van der Waals surface area contributed by atoms with Gasteiger partial charge in [0.2, 0.25) is 10.0 Å². The number of hydrogen-bond donors (Lipinski definition) is 3. The SMILES string of the molecule is CCNC(=NCc1cc(C(C)C)no1)NCCNS(=O)(=O)c1ccccc1.I. The first-order chi connectivity index (χ1) is 12.9. The Balaban J connectivity index is 0.00000392. The maximum atomic E-state index is 12.2. The molecule has 0 saturated carbocycles. The third-order valence-corrected chi connectivity index (χ3v) is 5.15.